The van der Waals surface area contributed by atoms with Gasteiger partial charge >= 0.3 is 0 Å². The second kappa shape index (κ2) is 5.12. The van der Waals surface area contributed by atoms with Crippen LogP contribution in [0.1, 0.15) is 30.3 Å². The van der Waals surface area contributed by atoms with Crippen molar-refractivity contribution in [2.24, 2.45) is 0 Å². The summed E-state index contributed by atoms with van der Waals surface area (Å²) in [6, 6.07) is 10.8. The van der Waals surface area contributed by atoms with Gasteiger partial charge in [-0.2, -0.15) is 0 Å². The topological polar surface area (TPSA) is 50.9 Å². The average Bonchev–Trinajstić information content (AvgIpc) is 3.18. The number of aliphatic hydroxyl groups excluding tert-OH is 1. The van der Waals surface area contributed by atoms with Crippen LogP contribution in [0, 0.1) is 0 Å². The molecule has 0 aliphatic heterocycles. The highest BCUT2D eigenvalue weighted by atomic mass is 32.2. The second-order valence-corrected chi connectivity index (χ2v) is 5.37. The van der Waals surface area contributed by atoms with Crippen LogP contribution in [-0.4, -0.2) is 19.9 Å². The summed E-state index contributed by atoms with van der Waals surface area (Å²) < 4.78 is 2.09. The standard InChI is InChI=1S/C13H15N3OS/c17-8-12-14-15-13(16(12)11-6-7-11)18-9-10-4-2-1-3-5-10/h1-5,11,17H,6-9H2. The van der Waals surface area contributed by atoms with E-state index in [1.165, 1.54) is 18.4 Å². The molecule has 1 aliphatic rings. The Morgan fingerprint density at radius 2 is 2.00 bits per heavy atom. The van der Waals surface area contributed by atoms with Crippen molar-refractivity contribution in [2.75, 3.05) is 0 Å². The minimum Gasteiger partial charge on any atom is -0.388 e. The minimum absolute atomic E-state index is 0.0323. The number of thioether (sulfide) groups is 1. The molecule has 0 spiro atoms. The number of hydrogen-bond acceptors (Lipinski definition) is 4. The normalized spacial score (nSPS) is 14.9. The predicted molar refractivity (Wildman–Crippen MR) is 70.2 cm³/mol. The molecule has 0 bridgehead atoms. The van der Waals surface area contributed by atoms with Crippen LogP contribution in [0.5, 0.6) is 0 Å². The number of hydrogen-bond donors (Lipinski definition) is 1. The molecule has 1 fully saturated rings. The molecule has 1 heterocycles. The largest absolute Gasteiger partial charge is 0.388 e. The van der Waals surface area contributed by atoms with Crippen molar-refractivity contribution in [2.45, 2.75) is 36.4 Å². The van der Waals surface area contributed by atoms with E-state index in [1.54, 1.807) is 11.8 Å². The van der Waals surface area contributed by atoms with Gasteiger partial charge in [0.05, 0.1) is 0 Å². The Balaban J connectivity index is 1.74. The zero-order valence-corrected chi connectivity index (χ0v) is 10.8. The average molecular weight is 261 g/mol. The number of aromatic nitrogens is 3. The van der Waals surface area contributed by atoms with Crippen LogP contribution in [-0.2, 0) is 12.4 Å². The van der Waals surface area contributed by atoms with Gasteiger partial charge in [0.2, 0.25) is 0 Å². The number of aliphatic hydroxyl groups is 1. The Hall–Kier alpha value is -1.33. The molecule has 94 valence electrons. The predicted octanol–water partition coefficient (Wildman–Crippen LogP) is 2.40. The maximum Gasteiger partial charge on any atom is 0.191 e. The van der Waals surface area contributed by atoms with E-state index in [-0.39, 0.29) is 6.61 Å². The Morgan fingerprint density at radius 3 is 2.67 bits per heavy atom. The Kier molecular flexibility index (Phi) is 3.34. The Labute approximate surface area is 110 Å². The van der Waals surface area contributed by atoms with Gasteiger partial charge in [-0.3, -0.25) is 0 Å². The molecule has 2 aromatic rings. The van der Waals surface area contributed by atoms with E-state index in [4.69, 9.17) is 0 Å². The summed E-state index contributed by atoms with van der Waals surface area (Å²) in [5.74, 6) is 1.57. The molecule has 0 atom stereocenters. The van der Waals surface area contributed by atoms with Crippen LogP contribution >= 0.6 is 11.8 Å². The lowest BCUT2D eigenvalue weighted by atomic mass is 10.2. The molecule has 3 rings (SSSR count). The maximum absolute atomic E-state index is 9.26. The van der Waals surface area contributed by atoms with Crippen LogP contribution < -0.4 is 0 Å². The Bertz CT molecular complexity index is 522. The molecule has 5 heteroatoms. The number of rotatable bonds is 5. The monoisotopic (exact) mass is 261 g/mol. The maximum atomic E-state index is 9.26. The van der Waals surface area contributed by atoms with Crippen LogP contribution in [0.3, 0.4) is 0 Å². The minimum atomic E-state index is -0.0323. The summed E-state index contributed by atoms with van der Waals surface area (Å²) in [4.78, 5) is 0. The summed E-state index contributed by atoms with van der Waals surface area (Å²) in [7, 11) is 0. The van der Waals surface area contributed by atoms with Gasteiger partial charge in [0.15, 0.2) is 11.0 Å². The van der Waals surface area contributed by atoms with Crippen molar-refractivity contribution >= 4 is 11.8 Å². The van der Waals surface area contributed by atoms with Gasteiger partial charge in [-0.25, -0.2) is 0 Å². The van der Waals surface area contributed by atoms with Crippen molar-refractivity contribution in [3.63, 3.8) is 0 Å². The van der Waals surface area contributed by atoms with E-state index < -0.39 is 0 Å². The molecule has 1 N–H and O–H groups in total. The lowest BCUT2D eigenvalue weighted by molar-refractivity contribution is 0.263. The molecule has 0 unspecified atom stereocenters. The first kappa shape index (κ1) is 11.7. The van der Waals surface area contributed by atoms with Gasteiger partial charge in [0.25, 0.3) is 0 Å². The van der Waals surface area contributed by atoms with Gasteiger partial charge < -0.3 is 9.67 Å². The highest BCUT2D eigenvalue weighted by molar-refractivity contribution is 7.98. The third kappa shape index (κ3) is 2.42. The van der Waals surface area contributed by atoms with Gasteiger partial charge in [-0.05, 0) is 18.4 Å². The van der Waals surface area contributed by atoms with E-state index in [1.807, 2.05) is 18.2 Å². The van der Waals surface area contributed by atoms with Gasteiger partial charge in [0, 0.05) is 11.8 Å². The Morgan fingerprint density at radius 1 is 1.22 bits per heavy atom. The molecule has 18 heavy (non-hydrogen) atoms. The zero-order chi connectivity index (χ0) is 12.4. The van der Waals surface area contributed by atoms with Crippen molar-refractivity contribution in [3.8, 4) is 0 Å². The SMILES string of the molecule is OCc1nnc(SCc2ccccc2)n1C1CC1. The molecule has 0 saturated heterocycles. The number of nitrogens with zero attached hydrogens (tertiary/aromatic N) is 3. The third-order valence-corrected chi connectivity index (χ3v) is 4.01. The van der Waals surface area contributed by atoms with Crippen LogP contribution in [0.2, 0.25) is 0 Å². The summed E-state index contributed by atoms with van der Waals surface area (Å²) in [6.45, 7) is -0.0323. The van der Waals surface area contributed by atoms with E-state index in [0.29, 0.717) is 11.9 Å². The fourth-order valence-electron chi connectivity index (χ4n) is 1.94. The van der Waals surface area contributed by atoms with E-state index in [2.05, 4.69) is 26.9 Å². The van der Waals surface area contributed by atoms with Crippen molar-refractivity contribution in [1.29, 1.82) is 0 Å². The molecule has 1 saturated carbocycles. The second-order valence-electron chi connectivity index (χ2n) is 4.43. The fourth-order valence-corrected chi connectivity index (χ4v) is 2.92. The highest BCUT2D eigenvalue weighted by Gasteiger charge is 2.29. The molecule has 0 amide bonds. The first-order chi connectivity index (χ1) is 8.88. The molecular formula is C13H15N3OS. The van der Waals surface area contributed by atoms with E-state index >= 15 is 0 Å². The first-order valence-electron chi connectivity index (χ1n) is 6.10. The summed E-state index contributed by atoms with van der Waals surface area (Å²) in [6.07, 6.45) is 2.34. The summed E-state index contributed by atoms with van der Waals surface area (Å²) >= 11 is 1.68. The van der Waals surface area contributed by atoms with E-state index in [0.717, 1.165) is 10.9 Å². The lowest BCUT2D eigenvalue weighted by Crippen LogP contribution is -2.02. The van der Waals surface area contributed by atoms with Gasteiger partial charge in [0.1, 0.15) is 6.61 Å². The van der Waals surface area contributed by atoms with E-state index in [9.17, 15) is 5.11 Å². The van der Waals surface area contributed by atoms with Gasteiger partial charge in [-0.1, -0.05) is 42.1 Å². The molecule has 1 aliphatic carbocycles. The zero-order valence-electron chi connectivity index (χ0n) is 9.99. The summed E-state index contributed by atoms with van der Waals surface area (Å²) in [5.41, 5.74) is 1.28. The summed E-state index contributed by atoms with van der Waals surface area (Å²) in [5, 5.41) is 18.4. The van der Waals surface area contributed by atoms with Gasteiger partial charge in [-0.15, -0.1) is 10.2 Å². The van der Waals surface area contributed by atoms with Crippen molar-refractivity contribution in [1.82, 2.24) is 14.8 Å². The third-order valence-electron chi connectivity index (χ3n) is 3.00. The fraction of sp³-hybridized carbons (Fsp3) is 0.385. The quantitative estimate of drug-likeness (QED) is 0.840. The lowest BCUT2D eigenvalue weighted by Gasteiger charge is -2.06. The molecule has 0 radical (unpaired) electrons. The molecule has 4 nitrogen and oxygen atoms in total. The molecule has 1 aromatic heterocycles. The molecule has 1 aromatic carbocycles. The van der Waals surface area contributed by atoms with Crippen LogP contribution in [0.15, 0.2) is 35.5 Å². The number of benzene rings is 1. The first-order valence-corrected chi connectivity index (χ1v) is 7.08. The van der Waals surface area contributed by atoms with Crippen LogP contribution in [0.25, 0.3) is 0 Å². The highest BCUT2D eigenvalue weighted by Crippen LogP contribution is 2.39. The van der Waals surface area contributed by atoms with Crippen molar-refractivity contribution in [3.05, 3.63) is 41.7 Å². The van der Waals surface area contributed by atoms with Crippen molar-refractivity contribution < 1.29 is 5.11 Å². The molecular weight excluding hydrogens is 246 g/mol. The van der Waals surface area contributed by atoms with Crippen LogP contribution in [0.4, 0.5) is 0 Å². The smallest absolute Gasteiger partial charge is 0.191 e.